The molecule has 0 aliphatic heterocycles. The first-order valence-corrected chi connectivity index (χ1v) is 9.92. The lowest BCUT2D eigenvalue weighted by Gasteiger charge is -2.22. The quantitative estimate of drug-likeness (QED) is 0.798. The van der Waals surface area contributed by atoms with Gasteiger partial charge in [0.25, 0.3) is 0 Å². The maximum atomic E-state index is 12.7. The fourth-order valence-corrected chi connectivity index (χ4v) is 4.56. The molecule has 2 heterocycles. The van der Waals surface area contributed by atoms with Gasteiger partial charge in [-0.1, -0.05) is 6.42 Å². The summed E-state index contributed by atoms with van der Waals surface area (Å²) in [4.78, 5) is 15.9. The van der Waals surface area contributed by atoms with Crippen LogP contribution < -0.4 is 5.32 Å². The van der Waals surface area contributed by atoms with Crippen LogP contribution in [0.5, 0.6) is 0 Å². The minimum absolute atomic E-state index is 0.0938. The minimum atomic E-state index is -0.325. The van der Waals surface area contributed by atoms with Gasteiger partial charge in [0.1, 0.15) is 22.6 Å². The Bertz CT molecular complexity index is 831. The van der Waals surface area contributed by atoms with Gasteiger partial charge in [-0.15, -0.1) is 11.3 Å². The summed E-state index contributed by atoms with van der Waals surface area (Å²) < 4.78 is 5.59. The molecular formula is C20H25N3O2S. The molecule has 6 heteroatoms. The van der Waals surface area contributed by atoms with Gasteiger partial charge in [-0.05, 0) is 64.3 Å². The molecule has 5 nitrogen and oxygen atoms in total. The number of hydrogen-bond donors (Lipinski definition) is 1. The molecule has 2 aromatic rings. The second kappa shape index (κ2) is 8.07. The molecule has 0 fully saturated rings. The number of nitrogens with one attached hydrogen (secondary N) is 1. The molecule has 26 heavy (non-hydrogen) atoms. The van der Waals surface area contributed by atoms with Crippen molar-refractivity contribution >= 4 is 22.2 Å². The van der Waals surface area contributed by atoms with Crippen LogP contribution in [0.25, 0.3) is 0 Å². The zero-order valence-corrected chi connectivity index (χ0v) is 16.4. The number of amides is 1. The Hall–Kier alpha value is -2.10. The molecule has 0 saturated heterocycles. The molecule has 0 radical (unpaired) electrons. The monoisotopic (exact) mass is 371 g/mol. The van der Waals surface area contributed by atoms with Crippen molar-refractivity contribution in [2.75, 3.05) is 12.4 Å². The number of nitriles is 1. The van der Waals surface area contributed by atoms with E-state index in [1.807, 2.05) is 37.9 Å². The van der Waals surface area contributed by atoms with E-state index in [9.17, 15) is 10.1 Å². The van der Waals surface area contributed by atoms with E-state index in [1.165, 1.54) is 11.3 Å². The largest absolute Gasteiger partial charge is 0.465 e. The molecule has 1 unspecified atom stereocenters. The van der Waals surface area contributed by atoms with Crippen LogP contribution in [0.3, 0.4) is 0 Å². The summed E-state index contributed by atoms with van der Waals surface area (Å²) in [7, 11) is 1.90. The highest BCUT2D eigenvalue weighted by molar-refractivity contribution is 7.16. The van der Waals surface area contributed by atoms with Gasteiger partial charge in [0, 0.05) is 4.88 Å². The van der Waals surface area contributed by atoms with Gasteiger partial charge in [0.15, 0.2) is 0 Å². The Kier molecular flexibility index (Phi) is 5.80. The highest BCUT2D eigenvalue weighted by atomic mass is 32.1. The Morgan fingerprint density at radius 3 is 2.85 bits per heavy atom. The number of fused-ring (bicyclic) bond motifs is 1. The van der Waals surface area contributed by atoms with Crippen LogP contribution >= 0.6 is 11.3 Å². The van der Waals surface area contributed by atoms with Crippen molar-refractivity contribution in [2.45, 2.75) is 58.5 Å². The molecule has 1 aliphatic rings. The SMILES string of the molecule is Cc1ccc(CN(C)C(C)C(=O)Nc2sc3c(c2C#N)CCCCC3)o1. The van der Waals surface area contributed by atoms with E-state index < -0.39 is 0 Å². The predicted molar refractivity (Wildman–Crippen MR) is 103 cm³/mol. The van der Waals surface area contributed by atoms with Crippen LogP contribution in [0.4, 0.5) is 5.00 Å². The van der Waals surface area contributed by atoms with Gasteiger partial charge in [-0.2, -0.15) is 5.26 Å². The minimum Gasteiger partial charge on any atom is -0.465 e. The lowest BCUT2D eigenvalue weighted by atomic mass is 10.1. The maximum Gasteiger partial charge on any atom is 0.242 e. The number of rotatable bonds is 5. The van der Waals surface area contributed by atoms with Gasteiger partial charge < -0.3 is 9.73 Å². The fourth-order valence-electron chi connectivity index (χ4n) is 3.32. The first-order valence-electron chi connectivity index (χ1n) is 9.10. The standard InChI is InChI=1S/C20H25N3O2S/c1-13-9-10-15(25-13)12-23(3)14(2)19(24)22-20-17(11-21)16-7-5-4-6-8-18(16)26-20/h9-10,14H,4-8,12H2,1-3H3,(H,22,24). The second-order valence-corrected chi connectivity index (χ2v) is 8.08. The Morgan fingerprint density at radius 2 is 2.15 bits per heavy atom. The summed E-state index contributed by atoms with van der Waals surface area (Å²) in [5.74, 6) is 1.61. The van der Waals surface area contributed by atoms with Crippen LogP contribution in [0.15, 0.2) is 16.5 Å². The van der Waals surface area contributed by atoms with E-state index in [2.05, 4.69) is 11.4 Å². The molecule has 0 saturated carbocycles. The lowest BCUT2D eigenvalue weighted by Crippen LogP contribution is -2.39. The molecule has 1 aliphatic carbocycles. The molecule has 2 aromatic heterocycles. The lowest BCUT2D eigenvalue weighted by molar-refractivity contribution is -0.120. The predicted octanol–water partition coefficient (Wildman–Crippen LogP) is 4.25. The third-order valence-electron chi connectivity index (χ3n) is 5.01. The number of carbonyl (C=O) groups is 1. The number of hydrogen-bond acceptors (Lipinski definition) is 5. The highest BCUT2D eigenvalue weighted by Gasteiger charge is 2.24. The van der Waals surface area contributed by atoms with E-state index in [1.54, 1.807) is 11.3 Å². The number of likely N-dealkylation sites (N-methyl/N-ethyl adjacent to an activating group) is 1. The van der Waals surface area contributed by atoms with E-state index in [-0.39, 0.29) is 11.9 Å². The summed E-state index contributed by atoms with van der Waals surface area (Å²) in [6.07, 6.45) is 5.44. The van der Waals surface area contributed by atoms with Crippen molar-refractivity contribution in [2.24, 2.45) is 0 Å². The molecule has 1 amide bonds. The van der Waals surface area contributed by atoms with Crippen molar-refractivity contribution < 1.29 is 9.21 Å². The second-order valence-electron chi connectivity index (χ2n) is 6.97. The zero-order chi connectivity index (χ0) is 18.7. The molecular weight excluding hydrogens is 346 g/mol. The molecule has 1 atom stereocenters. The summed E-state index contributed by atoms with van der Waals surface area (Å²) in [5, 5.41) is 13.3. The Labute approximate surface area is 158 Å². The number of carbonyl (C=O) groups excluding carboxylic acids is 1. The third kappa shape index (κ3) is 4.00. The molecule has 0 aromatic carbocycles. The average Bonchev–Trinajstić information content (AvgIpc) is 3.08. The molecule has 0 spiro atoms. The summed E-state index contributed by atoms with van der Waals surface area (Å²) in [5.41, 5.74) is 1.81. The number of furan rings is 1. The number of thiophene rings is 1. The number of nitrogens with zero attached hydrogens (tertiary/aromatic N) is 2. The van der Waals surface area contributed by atoms with Gasteiger partial charge in [-0.25, -0.2) is 0 Å². The molecule has 3 rings (SSSR count). The summed E-state index contributed by atoms with van der Waals surface area (Å²) in [6.45, 7) is 4.34. The fraction of sp³-hybridized carbons (Fsp3) is 0.500. The van der Waals surface area contributed by atoms with Crippen LogP contribution in [-0.4, -0.2) is 23.9 Å². The topological polar surface area (TPSA) is 69.3 Å². The van der Waals surface area contributed by atoms with Crippen LogP contribution in [-0.2, 0) is 24.2 Å². The van der Waals surface area contributed by atoms with Crippen molar-refractivity contribution in [1.82, 2.24) is 4.90 Å². The summed E-state index contributed by atoms with van der Waals surface area (Å²) in [6, 6.07) is 5.84. The zero-order valence-electron chi connectivity index (χ0n) is 15.6. The Morgan fingerprint density at radius 1 is 1.38 bits per heavy atom. The smallest absolute Gasteiger partial charge is 0.242 e. The highest BCUT2D eigenvalue weighted by Crippen LogP contribution is 2.37. The first-order chi connectivity index (χ1) is 12.5. The first kappa shape index (κ1) is 18.7. The molecule has 138 valence electrons. The van der Waals surface area contributed by atoms with Crippen LogP contribution in [0.2, 0.25) is 0 Å². The van der Waals surface area contributed by atoms with E-state index in [0.29, 0.717) is 17.1 Å². The van der Waals surface area contributed by atoms with Crippen molar-refractivity contribution in [3.05, 3.63) is 39.7 Å². The van der Waals surface area contributed by atoms with Crippen molar-refractivity contribution in [3.8, 4) is 6.07 Å². The number of anilines is 1. The summed E-state index contributed by atoms with van der Waals surface area (Å²) >= 11 is 1.57. The Balaban J connectivity index is 1.70. The van der Waals surface area contributed by atoms with E-state index >= 15 is 0 Å². The number of aryl methyl sites for hydroxylation is 2. The van der Waals surface area contributed by atoms with Crippen molar-refractivity contribution in [1.29, 1.82) is 5.26 Å². The van der Waals surface area contributed by atoms with Crippen LogP contribution in [0, 0.1) is 18.3 Å². The van der Waals surface area contributed by atoms with Crippen LogP contribution in [0.1, 0.15) is 53.7 Å². The van der Waals surface area contributed by atoms with Gasteiger partial charge in [0.2, 0.25) is 5.91 Å². The van der Waals surface area contributed by atoms with Crippen molar-refractivity contribution in [3.63, 3.8) is 0 Å². The van der Waals surface area contributed by atoms with Gasteiger partial charge in [-0.3, -0.25) is 9.69 Å². The molecule has 1 N–H and O–H groups in total. The molecule has 0 bridgehead atoms. The van der Waals surface area contributed by atoms with Gasteiger partial charge >= 0.3 is 0 Å². The average molecular weight is 372 g/mol. The van der Waals surface area contributed by atoms with E-state index in [0.717, 1.165) is 42.8 Å². The van der Waals surface area contributed by atoms with Gasteiger partial charge in [0.05, 0.1) is 18.2 Å². The third-order valence-corrected chi connectivity index (χ3v) is 6.22. The maximum absolute atomic E-state index is 12.7. The normalized spacial score (nSPS) is 15.2. The van der Waals surface area contributed by atoms with E-state index in [4.69, 9.17) is 4.42 Å².